The standard InChI is InChI=1S/C19H24N4/c1-16-6-7-18(17(2)13-16)15-22-9-11-23(12-10-22)21-14-19-5-3-4-8-20-19/h3-8,13-14H,9-12,15H2,1-2H3. The van der Waals surface area contributed by atoms with Crippen LogP contribution >= 0.6 is 0 Å². The van der Waals surface area contributed by atoms with E-state index in [1.165, 1.54) is 16.7 Å². The van der Waals surface area contributed by atoms with Crippen LogP contribution in [0.3, 0.4) is 0 Å². The third-order valence-electron chi connectivity index (χ3n) is 4.28. The normalized spacial score (nSPS) is 16.2. The number of hydrogen-bond donors (Lipinski definition) is 0. The number of benzene rings is 1. The summed E-state index contributed by atoms with van der Waals surface area (Å²) in [5.74, 6) is 0. The number of nitrogens with zero attached hydrogens (tertiary/aromatic N) is 4. The molecule has 1 aromatic heterocycles. The third kappa shape index (κ3) is 4.39. The number of rotatable bonds is 4. The van der Waals surface area contributed by atoms with Gasteiger partial charge in [0.15, 0.2) is 0 Å². The highest BCUT2D eigenvalue weighted by atomic mass is 15.5. The van der Waals surface area contributed by atoms with Crippen molar-refractivity contribution in [1.29, 1.82) is 0 Å². The molecule has 0 radical (unpaired) electrons. The molecule has 120 valence electrons. The second kappa shape index (κ2) is 7.38. The molecule has 0 bridgehead atoms. The van der Waals surface area contributed by atoms with Crippen LogP contribution in [0.1, 0.15) is 22.4 Å². The topological polar surface area (TPSA) is 31.7 Å². The molecule has 1 aromatic carbocycles. The van der Waals surface area contributed by atoms with Gasteiger partial charge in [0, 0.05) is 38.9 Å². The molecule has 4 heteroatoms. The molecule has 0 aliphatic carbocycles. The van der Waals surface area contributed by atoms with Gasteiger partial charge in [-0.05, 0) is 37.1 Å². The second-order valence-corrected chi connectivity index (χ2v) is 6.16. The summed E-state index contributed by atoms with van der Waals surface area (Å²) in [7, 11) is 0. The molecule has 4 nitrogen and oxygen atoms in total. The Kier molecular flexibility index (Phi) is 5.03. The molecule has 1 aliphatic rings. The van der Waals surface area contributed by atoms with Crippen molar-refractivity contribution >= 4 is 6.21 Å². The molecule has 0 atom stereocenters. The molecule has 0 saturated carbocycles. The summed E-state index contributed by atoms with van der Waals surface area (Å²) in [6.45, 7) is 9.41. The molecule has 0 spiro atoms. The zero-order valence-corrected chi connectivity index (χ0v) is 13.9. The molecule has 0 amide bonds. The van der Waals surface area contributed by atoms with E-state index in [0.717, 1.165) is 38.4 Å². The Morgan fingerprint density at radius 1 is 1.09 bits per heavy atom. The zero-order valence-electron chi connectivity index (χ0n) is 13.9. The number of piperazine rings is 1. The molecule has 3 rings (SSSR count). The molecule has 1 saturated heterocycles. The van der Waals surface area contributed by atoms with Gasteiger partial charge in [0.2, 0.25) is 0 Å². The average molecular weight is 308 g/mol. The van der Waals surface area contributed by atoms with Crippen molar-refractivity contribution in [2.75, 3.05) is 26.2 Å². The van der Waals surface area contributed by atoms with Crippen molar-refractivity contribution in [3.8, 4) is 0 Å². The largest absolute Gasteiger partial charge is 0.295 e. The molecule has 2 aromatic rings. The first kappa shape index (κ1) is 15.7. The maximum atomic E-state index is 4.54. The summed E-state index contributed by atoms with van der Waals surface area (Å²) in [5, 5.41) is 6.68. The maximum absolute atomic E-state index is 4.54. The Morgan fingerprint density at radius 2 is 1.91 bits per heavy atom. The quantitative estimate of drug-likeness (QED) is 0.814. The van der Waals surface area contributed by atoms with Crippen molar-refractivity contribution < 1.29 is 0 Å². The van der Waals surface area contributed by atoms with Crippen molar-refractivity contribution in [1.82, 2.24) is 14.9 Å². The Bertz CT molecular complexity index is 658. The van der Waals surface area contributed by atoms with Gasteiger partial charge in [-0.2, -0.15) is 5.10 Å². The van der Waals surface area contributed by atoms with Crippen LogP contribution < -0.4 is 0 Å². The van der Waals surface area contributed by atoms with Crippen LogP contribution in [0.25, 0.3) is 0 Å². The van der Waals surface area contributed by atoms with E-state index in [1.807, 2.05) is 24.4 Å². The minimum Gasteiger partial charge on any atom is -0.295 e. The number of hydrazone groups is 1. The molecular formula is C19H24N4. The highest BCUT2D eigenvalue weighted by molar-refractivity contribution is 5.76. The van der Waals surface area contributed by atoms with Crippen molar-refractivity contribution in [2.24, 2.45) is 5.10 Å². The number of pyridine rings is 1. The molecule has 23 heavy (non-hydrogen) atoms. The Balaban J connectivity index is 1.51. The van der Waals surface area contributed by atoms with E-state index in [2.05, 4.69) is 52.0 Å². The van der Waals surface area contributed by atoms with Gasteiger partial charge in [-0.25, -0.2) is 0 Å². The van der Waals surface area contributed by atoms with E-state index in [0.29, 0.717) is 0 Å². The highest BCUT2D eigenvalue weighted by Gasteiger charge is 2.16. The lowest BCUT2D eigenvalue weighted by Crippen LogP contribution is -2.43. The fourth-order valence-electron chi connectivity index (χ4n) is 2.87. The van der Waals surface area contributed by atoms with Gasteiger partial charge in [-0.15, -0.1) is 0 Å². The monoisotopic (exact) mass is 308 g/mol. The number of aromatic nitrogens is 1. The van der Waals surface area contributed by atoms with Crippen molar-refractivity contribution in [3.63, 3.8) is 0 Å². The predicted octanol–water partition coefficient (Wildman–Crippen LogP) is 2.85. The number of aryl methyl sites for hydroxylation is 2. The maximum Gasteiger partial charge on any atom is 0.0830 e. The summed E-state index contributed by atoms with van der Waals surface area (Å²) < 4.78 is 0. The van der Waals surface area contributed by atoms with E-state index < -0.39 is 0 Å². The van der Waals surface area contributed by atoms with Gasteiger partial charge >= 0.3 is 0 Å². The Hall–Kier alpha value is -2.20. The van der Waals surface area contributed by atoms with Crippen LogP contribution in [0.2, 0.25) is 0 Å². The van der Waals surface area contributed by atoms with E-state index in [-0.39, 0.29) is 0 Å². The fraction of sp³-hybridized carbons (Fsp3) is 0.368. The molecule has 1 fully saturated rings. The van der Waals surface area contributed by atoms with Gasteiger partial charge in [0.05, 0.1) is 11.9 Å². The number of hydrogen-bond acceptors (Lipinski definition) is 4. The fourth-order valence-corrected chi connectivity index (χ4v) is 2.87. The smallest absolute Gasteiger partial charge is 0.0830 e. The van der Waals surface area contributed by atoms with Gasteiger partial charge < -0.3 is 0 Å². The molecule has 2 heterocycles. The van der Waals surface area contributed by atoms with E-state index in [9.17, 15) is 0 Å². The van der Waals surface area contributed by atoms with Crippen molar-refractivity contribution in [3.05, 3.63) is 65.0 Å². The summed E-state index contributed by atoms with van der Waals surface area (Å²) in [5.41, 5.74) is 5.06. The van der Waals surface area contributed by atoms with Gasteiger partial charge in [0.1, 0.15) is 0 Å². The minimum absolute atomic E-state index is 0.908. The first-order valence-electron chi connectivity index (χ1n) is 8.19. The van der Waals surface area contributed by atoms with Crippen LogP contribution in [0, 0.1) is 13.8 Å². The van der Waals surface area contributed by atoms with Crippen LogP contribution in [-0.4, -0.2) is 47.3 Å². The Labute approximate surface area is 138 Å². The van der Waals surface area contributed by atoms with E-state index in [1.54, 1.807) is 6.20 Å². The highest BCUT2D eigenvalue weighted by Crippen LogP contribution is 2.14. The van der Waals surface area contributed by atoms with E-state index in [4.69, 9.17) is 0 Å². The summed E-state index contributed by atoms with van der Waals surface area (Å²) in [4.78, 5) is 6.77. The summed E-state index contributed by atoms with van der Waals surface area (Å²) in [6, 6.07) is 12.6. The van der Waals surface area contributed by atoms with Gasteiger partial charge in [-0.3, -0.25) is 14.9 Å². The predicted molar refractivity (Wildman–Crippen MR) is 94.6 cm³/mol. The first-order chi connectivity index (χ1) is 11.2. The van der Waals surface area contributed by atoms with Crippen LogP contribution in [0.4, 0.5) is 0 Å². The SMILES string of the molecule is Cc1ccc(CN2CCN(N=Cc3ccccn3)CC2)c(C)c1. The minimum atomic E-state index is 0.908. The van der Waals surface area contributed by atoms with Gasteiger partial charge in [-0.1, -0.05) is 29.8 Å². The average Bonchev–Trinajstić information content (AvgIpc) is 2.58. The van der Waals surface area contributed by atoms with Crippen molar-refractivity contribution in [2.45, 2.75) is 20.4 Å². The van der Waals surface area contributed by atoms with E-state index >= 15 is 0 Å². The lowest BCUT2D eigenvalue weighted by molar-refractivity contribution is 0.131. The summed E-state index contributed by atoms with van der Waals surface area (Å²) >= 11 is 0. The first-order valence-corrected chi connectivity index (χ1v) is 8.19. The third-order valence-corrected chi connectivity index (χ3v) is 4.28. The summed E-state index contributed by atoms with van der Waals surface area (Å²) in [6.07, 6.45) is 3.64. The van der Waals surface area contributed by atoms with Gasteiger partial charge in [0.25, 0.3) is 0 Å². The van der Waals surface area contributed by atoms with Crippen LogP contribution in [0.5, 0.6) is 0 Å². The van der Waals surface area contributed by atoms with Crippen LogP contribution in [-0.2, 0) is 6.54 Å². The Morgan fingerprint density at radius 3 is 2.61 bits per heavy atom. The van der Waals surface area contributed by atoms with Crippen LogP contribution in [0.15, 0.2) is 47.7 Å². The molecule has 0 N–H and O–H groups in total. The zero-order chi connectivity index (χ0) is 16.1. The molecular weight excluding hydrogens is 284 g/mol. The lowest BCUT2D eigenvalue weighted by Gasteiger charge is -2.33. The lowest BCUT2D eigenvalue weighted by atomic mass is 10.1. The second-order valence-electron chi connectivity index (χ2n) is 6.16. The molecule has 0 unspecified atom stereocenters. The molecule has 1 aliphatic heterocycles.